The minimum Gasteiger partial charge on any atom is -0.322 e. The highest BCUT2D eigenvalue weighted by molar-refractivity contribution is 6.30. The summed E-state index contributed by atoms with van der Waals surface area (Å²) in [5.41, 5.74) is 1.69. The summed E-state index contributed by atoms with van der Waals surface area (Å²) in [6.07, 6.45) is 3.25. The van der Waals surface area contributed by atoms with Gasteiger partial charge in [-0.3, -0.25) is 4.79 Å². The average molecular weight is 308 g/mol. The first kappa shape index (κ1) is 14.4. The maximum Gasteiger partial charge on any atom is 0.248 e. The van der Waals surface area contributed by atoms with Crippen LogP contribution in [0.3, 0.4) is 0 Å². The molecule has 1 amide bonds. The lowest BCUT2D eigenvalue weighted by Crippen LogP contribution is -2.07. The van der Waals surface area contributed by atoms with Crippen molar-refractivity contribution in [3.8, 4) is 0 Å². The maximum absolute atomic E-state index is 12.1. The van der Waals surface area contributed by atoms with Crippen molar-refractivity contribution >= 4 is 40.0 Å². The predicted octanol–water partition coefficient (Wildman–Crippen LogP) is 5.15. The van der Waals surface area contributed by atoms with Gasteiger partial charge in [-0.2, -0.15) is 0 Å². The van der Waals surface area contributed by atoms with Gasteiger partial charge in [0.25, 0.3) is 0 Å². The van der Waals surface area contributed by atoms with Crippen LogP contribution in [0.2, 0.25) is 5.02 Å². The summed E-state index contributed by atoms with van der Waals surface area (Å²) in [6, 6.07) is 21.2. The molecule has 3 heteroatoms. The molecule has 0 aliphatic carbocycles. The van der Waals surface area contributed by atoms with Crippen molar-refractivity contribution in [1.29, 1.82) is 0 Å². The summed E-state index contributed by atoms with van der Waals surface area (Å²) in [5.74, 6) is -0.170. The number of halogens is 1. The summed E-state index contributed by atoms with van der Waals surface area (Å²) in [5, 5.41) is 5.68. The molecule has 0 atom stereocenters. The molecule has 108 valence electrons. The Hall–Kier alpha value is -2.58. The average Bonchev–Trinajstić information content (AvgIpc) is 2.53. The second kappa shape index (κ2) is 6.46. The van der Waals surface area contributed by atoms with Crippen LogP contribution in [0.1, 0.15) is 5.56 Å². The normalized spacial score (nSPS) is 11.0. The first-order valence-corrected chi connectivity index (χ1v) is 7.32. The van der Waals surface area contributed by atoms with Crippen molar-refractivity contribution in [3.63, 3.8) is 0 Å². The van der Waals surface area contributed by atoms with E-state index in [0.717, 1.165) is 22.0 Å². The molecule has 0 saturated heterocycles. The lowest BCUT2D eigenvalue weighted by atomic mass is 10.1. The number of benzene rings is 3. The summed E-state index contributed by atoms with van der Waals surface area (Å²) >= 11 is 5.92. The number of amides is 1. The summed E-state index contributed by atoms with van der Waals surface area (Å²) in [4.78, 5) is 12.1. The third kappa shape index (κ3) is 3.35. The highest BCUT2D eigenvalue weighted by Gasteiger charge is 2.02. The topological polar surface area (TPSA) is 29.1 Å². The van der Waals surface area contributed by atoms with Gasteiger partial charge in [0.05, 0.1) is 0 Å². The van der Waals surface area contributed by atoms with Crippen molar-refractivity contribution in [3.05, 3.63) is 83.4 Å². The van der Waals surface area contributed by atoms with Crippen LogP contribution in [0.4, 0.5) is 5.69 Å². The predicted molar refractivity (Wildman–Crippen MR) is 93.1 cm³/mol. The third-order valence-corrected chi connectivity index (χ3v) is 3.56. The molecule has 2 nitrogen and oxygen atoms in total. The van der Waals surface area contributed by atoms with E-state index in [4.69, 9.17) is 11.6 Å². The number of hydrogen-bond donors (Lipinski definition) is 1. The minimum absolute atomic E-state index is 0.170. The molecular weight excluding hydrogens is 294 g/mol. The monoisotopic (exact) mass is 307 g/mol. The maximum atomic E-state index is 12.1. The second-order valence-electron chi connectivity index (χ2n) is 4.90. The van der Waals surface area contributed by atoms with Crippen LogP contribution in [-0.4, -0.2) is 5.91 Å². The molecule has 0 fully saturated rings. The zero-order chi connectivity index (χ0) is 15.4. The minimum atomic E-state index is -0.170. The summed E-state index contributed by atoms with van der Waals surface area (Å²) in [6.45, 7) is 0. The number of carbonyl (C=O) groups excluding carboxylic acids is 1. The molecule has 0 aliphatic heterocycles. The van der Waals surface area contributed by atoms with Crippen molar-refractivity contribution in [2.75, 3.05) is 5.32 Å². The fraction of sp³-hybridized carbons (Fsp3) is 0. The van der Waals surface area contributed by atoms with Crippen molar-refractivity contribution in [2.24, 2.45) is 0 Å². The van der Waals surface area contributed by atoms with E-state index in [1.54, 1.807) is 12.1 Å². The van der Waals surface area contributed by atoms with Gasteiger partial charge in [0.1, 0.15) is 0 Å². The first-order chi connectivity index (χ1) is 10.7. The third-order valence-electron chi connectivity index (χ3n) is 3.32. The molecule has 0 spiro atoms. The molecule has 0 aliphatic rings. The van der Waals surface area contributed by atoms with Gasteiger partial charge in [-0.1, -0.05) is 60.1 Å². The summed E-state index contributed by atoms with van der Waals surface area (Å²) < 4.78 is 0. The largest absolute Gasteiger partial charge is 0.322 e. The molecule has 0 unspecified atom stereocenters. The highest BCUT2D eigenvalue weighted by atomic mass is 35.5. The number of rotatable bonds is 3. The van der Waals surface area contributed by atoms with E-state index < -0.39 is 0 Å². The van der Waals surface area contributed by atoms with Gasteiger partial charge in [-0.05, 0) is 35.2 Å². The Morgan fingerprint density at radius 3 is 2.59 bits per heavy atom. The first-order valence-electron chi connectivity index (χ1n) is 6.95. The Morgan fingerprint density at radius 2 is 1.73 bits per heavy atom. The quantitative estimate of drug-likeness (QED) is 0.666. The zero-order valence-electron chi connectivity index (χ0n) is 11.8. The molecule has 3 aromatic rings. The van der Waals surface area contributed by atoms with E-state index >= 15 is 0 Å². The van der Waals surface area contributed by atoms with E-state index in [1.807, 2.05) is 60.7 Å². The number of nitrogens with one attached hydrogen (secondary N) is 1. The Bertz CT molecular complexity index is 849. The molecule has 3 rings (SSSR count). The molecule has 3 aromatic carbocycles. The smallest absolute Gasteiger partial charge is 0.248 e. The van der Waals surface area contributed by atoms with Crippen LogP contribution in [0.15, 0.2) is 72.8 Å². The van der Waals surface area contributed by atoms with Gasteiger partial charge in [0.2, 0.25) is 5.91 Å². The van der Waals surface area contributed by atoms with Crippen LogP contribution in [-0.2, 0) is 4.79 Å². The fourth-order valence-electron chi connectivity index (χ4n) is 2.29. The lowest BCUT2D eigenvalue weighted by Gasteiger charge is -2.06. The molecule has 0 saturated carbocycles. The SMILES string of the molecule is O=C(C=Cc1cccc(Cl)c1)Nc1cccc2ccccc12. The van der Waals surface area contributed by atoms with E-state index in [9.17, 15) is 4.79 Å². The number of anilines is 1. The molecule has 0 heterocycles. The van der Waals surface area contributed by atoms with Gasteiger partial charge in [0.15, 0.2) is 0 Å². The second-order valence-corrected chi connectivity index (χ2v) is 5.34. The lowest BCUT2D eigenvalue weighted by molar-refractivity contribution is -0.111. The van der Waals surface area contributed by atoms with E-state index in [2.05, 4.69) is 5.32 Å². The van der Waals surface area contributed by atoms with Gasteiger partial charge in [-0.25, -0.2) is 0 Å². The van der Waals surface area contributed by atoms with Crippen molar-refractivity contribution < 1.29 is 4.79 Å². The molecule has 0 bridgehead atoms. The van der Waals surface area contributed by atoms with E-state index in [0.29, 0.717) is 5.02 Å². The summed E-state index contributed by atoms with van der Waals surface area (Å²) in [7, 11) is 0. The van der Waals surface area contributed by atoms with Crippen LogP contribution in [0.25, 0.3) is 16.8 Å². The van der Waals surface area contributed by atoms with E-state index in [1.165, 1.54) is 6.08 Å². The van der Waals surface area contributed by atoms with Gasteiger partial charge in [0, 0.05) is 22.2 Å². The number of hydrogen-bond acceptors (Lipinski definition) is 1. The molecule has 22 heavy (non-hydrogen) atoms. The Balaban J connectivity index is 1.79. The Kier molecular flexibility index (Phi) is 4.22. The number of carbonyl (C=O) groups is 1. The van der Waals surface area contributed by atoms with Gasteiger partial charge >= 0.3 is 0 Å². The van der Waals surface area contributed by atoms with Crippen LogP contribution in [0, 0.1) is 0 Å². The number of fused-ring (bicyclic) bond motifs is 1. The zero-order valence-corrected chi connectivity index (χ0v) is 12.5. The molecule has 0 radical (unpaired) electrons. The highest BCUT2D eigenvalue weighted by Crippen LogP contribution is 2.23. The van der Waals surface area contributed by atoms with E-state index in [-0.39, 0.29) is 5.91 Å². The Labute approximate surface area is 134 Å². The van der Waals surface area contributed by atoms with Gasteiger partial charge in [-0.15, -0.1) is 0 Å². The fourth-order valence-corrected chi connectivity index (χ4v) is 2.49. The van der Waals surface area contributed by atoms with Crippen LogP contribution >= 0.6 is 11.6 Å². The molecule has 1 N–H and O–H groups in total. The van der Waals surface area contributed by atoms with Crippen LogP contribution in [0.5, 0.6) is 0 Å². The standard InChI is InChI=1S/C19H14ClNO/c20-16-8-3-5-14(13-16)11-12-19(22)21-18-10-4-7-15-6-1-2-9-17(15)18/h1-13H,(H,21,22). The Morgan fingerprint density at radius 1 is 0.955 bits per heavy atom. The molecule has 0 aromatic heterocycles. The van der Waals surface area contributed by atoms with Crippen molar-refractivity contribution in [2.45, 2.75) is 0 Å². The van der Waals surface area contributed by atoms with Crippen LogP contribution < -0.4 is 5.32 Å². The van der Waals surface area contributed by atoms with Crippen molar-refractivity contribution in [1.82, 2.24) is 0 Å². The van der Waals surface area contributed by atoms with Gasteiger partial charge < -0.3 is 5.32 Å². The molecular formula is C19H14ClNO.